The van der Waals surface area contributed by atoms with Crippen molar-refractivity contribution in [3.63, 3.8) is 0 Å². The molecule has 2 aromatic heterocycles. The Morgan fingerprint density at radius 3 is 2.79 bits per heavy atom. The average Bonchev–Trinajstić information content (AvgIpc) is 3.20. The monoisotopic (exact) mass is 417 g/mol. The van der Waals surface area contributed by atoms with E-state index in [0.717, 1.165) is 17.0 Å². The molecule has 2 heterocycles. The van der Waals surface area contributed by atoms with Crippen LogP contribution in [0.1, 0.15) is 29.6 Å². The first kappa shape index (κ1) is 20.3. The Morgan fingerprint density at radius 2 is 2.11 bits per heavy atom. The summed E-state index contributed by atoms with van der Waals surface area (Å²) in [7, 11) is 1.87. The number of carbonyl (C=O) groups excluding carboxylic acids is 1. The molecule has 0 aliphatic heterocycles. The number of carbonyl (C=O) groups is 1. The summed E-state index contributed by atoms with van der Waals surface area (Å²) in [5, 5.41) is 14.1. The predicted octanol–water partition coefficient (Wildman–Crippen LogP) is 3.90. The van der Waals surface area contributed by atoms with Crippen LogP contribution in [0.25, 0.3) is 0 Å². The summed E-state index contributed by atoms with van der Waals surface area (Å²) in [6.45, 7) is 8.11. The molecule has 3 rings (SSSR count). The molecular formula is C19H23N5O2S2. The number of nitrogens with zero attached hydrogens (tertiary/aromatic N) is 4. The molecule has 0 fully saturated rings. The Balaban J connectivity index is 1.59. The molecule has 1 N–H and O–H groups in total. The fourth-order valence-electron chi connectivity index (χ4n) is 2.51. The molecule has 9 heteroatoms. The minimum atomic E-state index is -0.333. The molecular weight excluding hydrogens is 394 g/mol. The maximum atomic E-state index is 12.4. The summed E-state index contributed by atoms with van der Waals surface area (Å²) in [5.74, 6) is 1.41. The van der Waals surface area contributed by atoms with E-state index < -0.39 is 0 Å². The van der Waals surface area contributed by atoms with Gasteiger partial charge in [-0.3, -0.25) is 4.79 Å². The van der Waals surface area contributed by atoms with Gasteiger partial charge >= 0.3 is 0 Å². The highest BCUT2D eigenvalue weighted by Gasteiger charge is 2.20. The third-order valence-corrected chi connectivity index (χ3v) is 6.12. The Bertz CT molecular complexity index is 983. The van der Waals surface area contributed by atoms with Gasteiger partial charge in [0.25, 0.3) is 0 Å². The van der Waals surface area contributed by atoms with Gasteiger partial charge in [-0.25, -0.2) is 4.98 Å². The minimum absolute atomic E-state index is 0.115. The van der Waals surface area contributed by atoms with Crippen LogP contribution in [-0.2, 0) is 18.4 Å². The first-order valence-corrected chi connectivity index (χ1v) is 10.6. The largest absolute Gasteiger partial charge is 0.485 e. The molecule has 148 valence electrons. The number of thiazole rings is 1. The number of nitrogens with one attached hydrogen (secondary N) is 1. The van der Waals surface area contributed by atoms with E-state index in [9.17, 15) is 4.79 Å². The van der Waals surface area contributed by atoms with Crippen LogP contribution in [0.5, 0.6) is 5.75 Å². The lowest BCUT2D eigenvalue weighted by Gasteiger charge is -2.11. The summed E-state index contributed by atoms with van der Waals surface area (Å²) in [6.07, 6.45) is 0. The Hall–Kier alpha value is -2.39. The zero-order valence-electron chi connectivity index (χ0n) is 16.5. The normalized spacial score (nSPS) is 12.0. The second-order valence-electron chi connectivity index (χ2n) is 6.56. The van der Waals surface area contributed by atoms with E-state index in [1.54, 1.807) is 0 Å². The van der Waals surface area contributed by atoms with E-state index >= 15 is 0 Å². The van der Waals surface area contributed by atoms with Crippen LogP contribution in [0.4, 0.5) is 5.13 Å². The van der Waals surface area contributed by atoms with Crippen molar-refractivity contribution in [3.8, 4) is 5.75 Å². The maximum Gasteiger partial charge on any atom is 0.239 e. The van der Waals surface area contributed by atoms with Gasteiger partial charge in [0.15, 0.2) is 16.1 Å². The van der Waals surface area contributed by atoms with E-state index in [1.807, 2.05) is 49.9 Å². The highest BCUT2D eigenvalue weighted by Crippen LogP contribution is 2.24. The third kappa shape index (κ3) is 4.90. The molecule has 0 bridgehead atoms. The van der Waals surface area contributed by atoms with Crippen molar-refractivity contribution < 1.29 is 9.53 Å². The molecule has 0 aliphatic rings. The summed E-state index contributed by atoms with van der Waals surface area (Å²) < 4.78 is 7.74. The van der Waals surface area contributed by atoms with Gasteiger partial charge in [0.2, 0.25) is 5.91 Å². The van der Waals surface area contributed by atoms with Gasteiger partial charge in [0, 0.05) is 12.4 Å². The lowest BCUT2D eigenvalue weighted by Crippen LogP contribution is -2.22. The fourth-order valence-corrected chi connectivity index (χ4v) is 4.03. The smallest absolute Gasteiger partial charge is 0.239 e. The van der Waals surface area contributed by atoms with Crippen LogP contribution in [0.2, 0.25) is 0 Å². The number of rotatable bonds is 7. The van der Waals surface area contributed by atoms with Gasteiger partial charge in [-0.05, 0) is 39.3 Å². The van der Waals surface area contributed by atoms with Crippen molar-refractivity contribution in [2.45, 2.75) is 44.7 Å². The lowest BCUT2D eigenvalue weighted by atomic mass is 10.1. The van der Waals surface area contributed by atoms with Gasteiger partial charge in [-0.1, -0.05) is 29.5 Å². The first-order chi connectivity index (χ1) is 13.3. The summed E-state index contributed by atoms with van der Waals surface area (Å²) in [5.41, 5.74) is 3.17. The number of ether oxygens (including phenoxy) is 1. The second kappa shape index (κ2) is 8.74. The molecule has 0 spiro atoms. The van der Waals surface area contributed by atoms with Gasteiger partial charge in [0.05, 0.1) is 10.9 Å². The van der Waals surface area contributed by atoms with Crippen molar-refractivity contribution in [1.29, 1.82) is 0 Å². The summed E-state index contributed by atoms with van der Waals surface area (Å²) in [6, 6.07) is 6.06. The van der Waals surface area contributed by atoms with Crippen molar-refractivity contribution in [2.75, 3.05) is 5.32 Å². The second-order valence-corrected chi connectivity index (χ2v) is 8.72. The van der Waals surface area contributed by atoms with E-state index in [4.69, 9.17) is 4.74 Å². The molecule has 3 aromatic rings. The van der Waals surface area contributed by atoms with E-state index in [-0.39, 0.29) is 11.2 Å². The van der Waals surface area contributed by atoms with Gasteiger partial charge < -0.3 is 14.6 Å². The molecule has 1 amide bonds. The summed E-state index contributed by atoms with van der Waals surface area (Å²) >= 11 is 2.76. The van der Waals surface area contributed by atoms with E-state index in [2.05, 4.69) is 33.5 Å². The zero-order chi connectivity index (χ0) is 20.3. The molecule has 1 aromatic carbocycles. The van der Waals surface area contributed by atoms with E-state index in [1.165, 1.54) is 28.7 Å². The molecule has 0 radical (unpaired) electrons. The number of aryl methyl sites for hydroxylation is 3. The van der Waals surface area contributed by atoms with E-state index in [0.29, 0.717) is 22.7 Å². The number of amides is 1. The van der Waals surface area contributed by atoms with Crippen LogP contribution >= 0.6 is 23.1 Å². The quantitative estimate of drug-likeness (QED) is 0.587. The third-order valence-electron chi connectivity index (χ3n) is 4.11. The SMILES string of the molecule is Cc1ccc(OCc2nnc(S[C@H](C)C(=O)Nc3nc(C)cs3)n2C)c(C)c1. The molecule has 1 atom stereocenters. The predicted molar refractivity (Wildman–Crippen MR) is 112 cm³/mol. The van der Waals surface area contributed by atoms with Crippen molar-refractivity contribution in [1.82, 2.24) is 19.7 Å². The molecule has 0 aliphatic carbocycles. The standard InChI is InChI=1S/C19H23N5O2S2/c1-11-6-7-15(12(2)8-11)26-9-16-22-23-19(24(16)5)28-14(4)17(25)21-18-20-13(3)10-27-18/h6-8,10,14H,9H2,1-5H3,(H,20,21,25)/t14-/m1/s1. The Morgan fingerprint density at radius 1 is 1.32 bits per heavy atom. The van der Waals surface area contributed by atoms with Crippen molar-refractivity contribution >= 4 is 34.1 Å². The molecule has 0 saturated heterocycles. The number of anilines is 1. The number of benzene rings is 1. The first-order valence-electron chi connectivity index (χ1n) is 8.81. The Labute approximate surface area is 172 Å². The highest BCUT2D eigenvalue weighted by atomic mass is 32.2. The molecule has 0 saturated carbocycles. The van der Waals surface area contributed by atoms with Gasteiger partial charge in [0.1, 0.15) is 12.4 Å². The van der Waals surface area contributed by atoms with Gasteiger partial charge in [-0.2, -0.15) is 0 Å². The lowest BCUT2D eigenvalue weighted by molar-refractivity contribution is -0.115. The van der Waals surface area contributed by atoms with Crippen molar-refractivity contribution in [2.24, 2.45) is 7.05 Å². The Kier molecular flexibility index (Phi) is 6.35. The average molecular weight is 418 g/mol. The van der Waals surface area contributed by atoms with Crippen LogP contribution in [-0.4, -0.2) is 30.9 Å². The van der Waals surface area contributed by atoms with Gasteiger partial charge in [-0.15, -0.1) is 21.5 Å². The number of thioether (sulfide) groups is 1. The maximum absolute atomic E-state index is 12.4. The highest BCUT2D eigenvalue weighted by molar-refractivity contribution is 8.00. The fraction of sp³-hybridized carbons (Fsp3) is 0.368. The topological polar surface area (TPSA) is 81.9 Å². The minimum Gasteiger partial charge on any atom is -0.485 e. The number of aromatic nitrogens is 4. The number of hydrogen-bond donors (Lipinski definition) is 1. The molecule has 0 unspecified atom stereocenters. The zero-order valence-corrected chi connectivity index (χ0v) is 18.1. The van der Waals surface area contributed by atoms with Crippen LogP contribution < -0.4 is 10.1 Å². The van der Waals surface area contributed by atoms with Crippen LogP contribution in [0.3, 0.4) is 0 Å². The number of hydrogen-bond acceptors (Lipinski definition) is 7. The molecule has 28 heavy (non-hydrogen) atoms. The molecule has 7 nitrogen and oxygen atoms in total. The van der Waals surface area contributed by atoms with Crippen LogP contribution in [0.15, 0.2) is 28.7 Å². The van der Waals surface area contributed by atoms with Crippen molar-refractivity contribution in [3.05, 3.63) is 46.2 Å². The van der Waals surface area contributed by atoms with Crippen LogP contribution in [0, 0.1) is 20.8 Å². The summed E-state index contributed by atoms with van der Waals surface area (Å²) in [4.78, 5) is 16.6.